The molecule has 312 valence electrons. The van der Waals surface area contributed by atoms with Crippen molar-refractivity contribution in [3.8, 4) is 5.75 Å². The molecule has 2 amide bonds. The van der Waals surface area contributed by atoms with E-state index in [0.29, 0.717) is 0 Å². The number of hydrogen-bond donors (Lipinski definition) is 2. The van der Waals surface area contributed by atoms with Crippen LogP contribution in [-0.4, -0.2) is 119 Å². The second kappa shape index (κ2) is 20.4. The number of nitro benzene ring substituents is 1. The van der Waals surface area contributed by atoms with E-state index >= 15 is 0 Å². The van der Waals surface area contributed by atoms with Crippen molar-refractivity contribution in [3.05, 3.63) is 52.6 Å². The number of esters is 4. The Bertz CT molecular complexity index is 1780. The highest BCUT2D eigenvalue weighted by Crippen LogP contribution is 2.35. The first-order chi connectivity index (χ1) is 26.7. The first-order valence-electron chi connectivity index (χ1n) is 17.0. The van der Waals surface area contributed by atoms with Crippen molar-refractivity contribution in [2.45, 2.75) is 97.5 Å². The molecule has 0 aliphatic carbocycles. The summed E-state index contributed by atoms with van der Waals surface area (Å²) >= 11 is 0. The number of nitrogens with one attached hydrogen (secondary N) is 2. The molecule has 23 nitrogen and oxygen atoms in total. The predicted molar refractivity (Wildman–Crippen MR) is 186 cm³/mol. The molecular weight excluding hydrogens is 766 g/mol. The number of nitro groups is 1. The normalized spacial score (nSPS) is 19.4. The summed E-state index contributed by atoms with van der Waals surface area (Å²) in [5, 5.41) is 17.0. The topological polar surface area (TPSA) is 288 Å². The second-order valence-electron chi connectivity index (χ2n) is 13.1. The minimum absolute atomic E-state index is 0.0976. The first kappa shape index (κ1) is 44.9. The van der Waals surface area contributed by atoms with E-state index in [9.17, 15) is 43.7 Å². The van der Waals surface area contributed by atoms with Crippen LogP contribution in [0, 0.1) is 10.1 Å². The minimum atomic E-state index is -1.77. The smallest absolute Gasteiger partial charge is 0.419 e. The first-order valence-corrected chi connectivity index (χ1v) is 17.0. The molecule has 1 aliphatic heterocycles. The van der Waals surface area contributed by atoms with Gasteiger partial charge in [-0.05, 0) is 32.4 Å². The van der Waals surface area contributed by atoms with E-state index in [-0.39, 0.29) is 18.7 Å². The van der Waals surface area contributed by atoms with Crippen molar-refractivity contribution in [2.24, 2.45) is 0 Å². The van der Waals surface area contributed by atoms with Gasteiger partial charge in [0.05, 0.1) is 18.0 Å². The number of alkyl carbamates (subject to hydrolysis) is 2. The highest BCUT2D eigenvalue weighted by atomic mass is 16.7. The van der Waals surface area contributed by atoms with E-state index in [1.165, 1.54) is 24.8 Å². The molecule has 2 N–H and O–H groups in total. The standard InChI is InChI=1S/C34H43N5O18/c1-18(40)49-16-26-27(51-19(2)41)28(52-20(3)42)29(53-21(4)43)30(56-26)55-25-9-8-22(12-24(25)39(47)48)15-50-31(44)36-13-23(14-37-32(45)57-34(5,6)7)54-33(46)38-11-10-35-17-38/h8-12,17,23,26-30H,13-16H2,1-7H3,(H,36,44)(H,37,45)/t23?,26?,27-,28?,29?,30+/m0/s1. The van der Waals surface area contributed by atoms with Crippen LogP contribution in [0.2, 0.25) is 0 Å². The van der Waals surface area contributed by atoms with E-state index in [1.54, 1.807) is 20.8 Å². The predicted octanol–water partition coefficient (Wildman–Crippen LogP) is 2.06. The van der Waals surface area contributed by atoms with Crippen LogP contribution in [0.15, 0.2) is 36.9 Å². The van der Waals surface area contributed by atoms with Gasteiger partial charge in [-0.3, -0.25) is 29.3 Å². The third-order valence-electron chi connectivity index (χ3n) is 7.11. The fraction of sp³-hybridized carbons (Fsp3) is 0.529. The Hall–Kier alpha value is -6.52. The van der Waals surface area contributed by atoms with E-state index in [2.05, 4.69) is 15.6 Å². The molecule has 2 heterocycles. The SMILES string of the molecule is CC(=O)OCC1O[C@@H](Oc2ccc(COC(=O)NCC(CNC(=O)OC(C)(C)C)OC(=O)n3ccnc3)cc2[N+](=O)[O-])C(OC(C)=O)C(OC(C)=O)[C@H]1OC(C)=O. The van der Waals surface area contributed by atoms with E-state index in [4.69, 9.17) is 42.6 Å². The Morgan fingerprint density at radius 2 is 1.49 bits per heavy atom. The summed E-state index contributed by atoms with van der Waals surface area (Å²) < 4.78 is 49.4. The van der Waals surface area contributed by atoms with Gasteiger partial charge in [0.15, 0.2) is 18.0 Å². The maximum Gasteiger partial charge on any atom is 0.419 e. The lowest BCUT2D eigenvalue weighted by atomic mass is 9.98. The summed E-state index contributed by atoms with van der Waals surface area (Å²) in [5.41, 5.74) is -1.39. The van der Waals surface area contributed by atoms with Gasteiger partial charge in [0.25, 0.3) is 0 Å². The number of aromatic nitrogens is 2. The molecule has 23 heteroatoms. The largest absolute Gasteiger partial charge is 0.463 e. The molecular formula is C34H43N5O18. The summed E-state index contributed by atoms with van der Waals surface area (Å²) in [5.74, 6) is -3.88. The number of carbonyl (C=O) groups excluding carboxylic acids is 7. The molecule has 0 radical (unpaired) electrons. The maximum atomic E-state index is 12.6. The fourth-order valence-corrected chi connectivity index (χ4v) is 4.94. The Kier molecular flexibility index (Phi) is 16.1. The monoisotopic (exact) mass is 809 g/mol. The number of hydrogen-bond acceptors (Lipinski definition) is 19. The molecule has 3 rings (SSSR count). The lowest BCUT2D eigenvalue weighted by Crippen LogP contribution is -2.63. The van der Waals surface area contributed by atoms with Crippen molar-refractivity contribution in [2.75, 3.05) is 19.7 Å². The van der Waals surface area contributed by atoms with Crippen LogP contribution in [0.3, 0.4) is 0 Å². The quantitative estimate of drug-likeness (QED) is 0.113. The molecule has 1 aromatic carbocycles. The van der Waals surface area contributed by atoms with E-state index in [0.717, 1.165) is 44.4 Å². The number of imidazole rings is 1. The number of ether oxygens (including phenoxy) is 9. The molecule has 0 saturated carbocycles. The third-order valence-corrected chi connectivity index (χ3v) is 7.11. The third kappa shape index (κ3) is 14.9. The lowest BCUT2D eigenvalue weighted by Gasteiger charge is -2.43. The Labute approximate surface area is 324 Å². The highest BCUT2D eigenvalue weighted by molar-refractivity contribution is 5.71. The van der Waals surface area contributed by atoms with Crippen molar-refractivity contribution in [1.82, 2.24) is 20.2 Å². The molecule has 57 heavy (non-hydrogen) atoms. The Morgan fingerprint density at radius 1 is 0.877 bits per heavy atom. The molecule has 1 aromatic heterocycles. The molecule has 0 bridgehead atoms. The van der Waals surface area contributed by atoms with Crippen molar-refractivity contribution < 1.29 is 81.1 Å². The van der Waals surface area contributed by atoms with Crippen molar-refractivity contribution in [3.63, 3.8) is 0 Å². The highest BCUT2D eigenvalue weighted by Gasteiger charge is 2.53. The van der Waals surface area contributed by atoms with Gasteiger partial charge in [0.1, 0.15) is 37.4 Å². The average molecular weight is 810 g/mol. The van der Waals surface area contributed by atoms with Gasteiger partial charge in [-0.2, -0.15) is 0 Å². The van der Waals surface area contributed by atoms with Crippen LogP contribution >= 0.6 is 0 Å². The summed E-state index contributed by atoms with van der Waals surface area (Å²) in [7, 11) is 0. The summed E-state index contributed by atoms with van der Waals surface area (Å²) in [6.07, 6.45) is -7.88. The fourth-order valence-electron chi connectivity index (χ4n) is 4.94. The van der Waals surface area contributed by atoms with Gasteiger partial charge in [-0.1, -0.05) is 6.07 Å². The maximum absolute atomic E-state index is 12.6. The summed E-state index contributed by atoms with van der Waals surface area (Å²) in [6, 6.07) is 3.42. The van der Waals surface area contributed by atoms with Gasteiger partial charge in [0, 0.05) is 46.2 Å². The second-order valence-corrected chi connectivity index (χ2v) is 13.1. The van der Waals surface area contributed by atoms with Gasteiger partial charge in [-0.15, -0.1) is 0 Å². The van der Waals surface area contributed by atoms with Gasteiger partial charge in [0.2, 0.25) is 12.4 Å². The van der Waals surface area contributed by atoms with Crippen LogP contribution in [0.4, 0.5) is 20.1 Å². The van der Waals surface area contributed by atoms with Gasteiger partial charge < -0.3 is 53.3 Å². The zero-order valence-corrected chi connectivity index (χ0v) is 31.9. The molecule has 6 atom stereocenters. The van der Waals surface area contributed by atoms with Crippen LogP contribution in [0.25, 0.3) is 0 Å². The van der Waals surface area contributed by atoms with E-state index in [1.807, 2.05) is 0 Å². The number of nitrogens with zero attached hydrogens (tertiary/aromatic N) is 3. The minimum Gasteiger partial charge on any atom is -0.463 e. The van der Waals surface area contributed by atoms with Gasteiger partial charge in [-0.25, -0.2) is 23.9 Å². The Balaban J connectivity index is 1.77. The molecule has 4 unspecified atom stereocenters. The molecule has 1 aliphatic rings. The van der Waals surface area contributed by atoms with Crippen LogP contribution in [-0.2, 0) is 63.7 Å². The summed E-state index contributed by atoms with van der Waals surface area (Å²) in [6.45, 7) is 7.41. The van der Waals surface area contributed by atoms with Crippen LogP contribution < -0.4 is 15.4 Å². The number of amides is 2. The Morgan fingerprint density at radius 3 is 2.05 bits per heavy atom. The number of carbonyl (C=O) groups is 7. The lowest BCUT2D eigenvalue weighted by molar-refractivity contribution is -0.387. The molecule has 1 fully saturated rings. The number of rotatable bonds is 15. The van der Waals surface area contributed by atoms with Crippen LogP contribution in [0.1, 0.15) is 54.0 Å². The van der Waals surface area contributed by atoms with Crippen molar-refractivity contribution >= 4 is 47.8 Å². The van der Waals surface area contributed by atoms with Crippen molar-refractivity contribution in [1.29, 1.82) is 0 Å². The average Bonchev–Trinajstić information content (AvgIpc) is 3.65. The molecule has 1 saturated heterocycles. The molecule has 0 spiro atoms. The zero-order chi connectivity index (χ0) is 42.4. The number of benzene rings is 1. The molecule has 2 aromatic rings. The van der Waals surface area contributed by atoms with E-state index < -0.39 is 114 Å². The summed E-state index contributed by atoms with van der Waals surface area (Å²) in [4.78, 5) is 100. The van der Waals surface area contributed by atoms with Gasteiger partial charge >= 0.3 is 47.8 Å². The van der Waals surface area contributed by atoms with Crippen LogP contribution in [0.5, 0.6) is 5.75 Å². The zero-order valence-electron chi connectivity index (χ0n) is 31.9.